The number of rotatable bonds is 1. The van der Waals surface area contributed by atoms with Crippen LogP contribution in [-0.4, -0.2) is 28.0 Å². The number of carbonyl (C=O) groups is 1. The van der Waals surface area contributed by atoms with Crippen molar-refractivity contribution < 1.29 is 9.90 Å². The predicted octanol–water partition coefficient (Wildman–Crippen LogP) is 2.38. The van der Waals surface area contributed by atoms with Gasteiger partial charge in [-0.2, -0.15) is 0 Å². The molecule has 1 heterocycles. The second kappa shape index (κ2) is 4.88. The molecule has 2 rings (SSSR count). The molecule has 1 fully saturated rings. The van der Waals surface area contributed by atoms with Gasteiger partial charge in [-0.3, -0.25) is 4.79 Å². The highest BCUT2D eigenvalue weighted by Crippen LogP contribution is 2.27. The largest absolute Gasteiger partial charge is 0.508 e. The minimum absolute atomic E-state index is 0.0739. The zero-order chi connectivity index (χ0) is 13.3. The number of aromatic hydroxyl groups is 1. The van der Waals surface area contributed by atoms with Crippen molar-refractivity contribution >= 4 is 11.6 Å². The number of hydrogen-bond donors (Lipinski definition) is 2. The lowest BCUT2D eigenvalue weighted by Crippen LogP contribution is -2.47. The molecule has 4 heteroatoms. The maximum absolute atomic E-state index is 12.5. The quantitative estimate of drug-likeness (QED) is 0.592. The minimum Gasteiger partial charge on any atom is -0.508 e. The molecule has 0 aromatic heterocycles. The second-order valence-electron chi connectivity index (χ2n) is 5.11. The van der Waals surface area contributed by atoms with Crippen LogP contribution in [0.1, 0.15) is 43.5 Å². The topological polar surface area (TPSA) is 66.6 Å². The lowest BCUT2D eigenvalue weighted by Gasteiger charge is -2.39. The van der Waals surface area contributed by atoms with E-state index in [4.69, 9.17) is 5.73 Å². The van der Waals surface area contributed by atoms with Gasteiger partial charge in [0.05, 0.1) is 5.56 Å². The monoisotopic (exact) mass is 248 g/mol. The molecule has 0 radical (unpaired) electrons. The fourth-order valence-electron chi connectivity index (χ4n) is 2.69. The second-order valence-corrected chi connectivity index (χ2v) is 5.11. The number of anilines is 1. The van der Waals surface area contributed by atoms with Crippen molar-refractivity contribution in [2.45, 2.75) is 45.2 Å². The fraction of sp³-hybridized carbons (Fsp3) is 0.500. The van der Waals surface area contributed by atoms with Crippen LogP contribution in [0.2, 0.25) is 0 Å². The van der Waals surface area contributed by atoms with Crippen molar-refractivity contribution in [3.8, 4) is 5.75 Å². The molecular formula is C14H20N2O2. The summed E-state index contributed by atoms with van der Waals surface area (Å²) in [5.41, 5.74) is 6.65. The number of nitrogen functional groups attached to an aromatic ring is 1. The summed E-state index contributed by atoms with van der Waals surface area (Å²) in [6.07, 6.45) is 3.20. The van der Waals surface area contributed by atoms with Crippen LogP contribution in [0.15, 0.2) is 18.2 Å². The Balaban J connectivity index is 2.32. The number of phenolic OH excluding ortho intramolecular Hbond substituents is 1. The molecule has 0 unspecified atom stereocenters. The first-order chi connectivity index (χ1) is 8.50. The predicted molar refractivity (Wildman–Crippen MR) is 71.5 cm³/mol. The molecule has 1 amide bonds. The van der Waals surface area contributed by atoms with Crippen LogP contribution in [0.5, 0.6) is 5.75 Å². The van der Waals surface area contributed by atoms with Gasteiger partial charge in [0.2, 0.25) is 0 Å². The number of hydrogen-bond acceptors (Lipinski definition) is 3. The Hall–Kier alpha value is -1.71. The van der Waals surface area contributed by atoms with E-state index < -0.39 is 0 Å². The van der Waals surface area contributed by atoms with Crippen LogP contribution in [0.3, 0.4) is 0 Å². The highest BCUT2D eigenvalue weighted by atomic mass is 16.3. The van der Waals surface area contributed by atoms with E-state index in [9.17, 15) is 9.90 Å². The molecule has 18 heavy (non-hydrogen) atoms. The third-order valence-corrected chi connectivity index (χ3v) is 3.70. The van der Waals surface area contributed by atoms with Crippen molar-refractivity contribution in [1.29, 1.82) is 0 Å². The van der Waals surface area contributed by atoms with Gasteiger partial charge in [-0.05, 0) is 51.3 Å². The maximum atomic E-state index is 12.5. The molecule has 0 spiro atoms. The number of likely N-dealkylation sites (tertiary alicyclic amines) is 1. The summed E-state index contributed by atoms with van der Waals surface area (Å²) in [7, 11) is 0. The molecular weight excluding hydrogens is 228 g/mol. The van der Waals surface area contributed by atoms with Crippen LogP contribution in [0.4, 0.5) is 5.69 Å². The molecule has 0 saturated carbocycles. The molecule has 2 atom stereocenters. The Morgan fingerprint density at radius 1 is 1.33 bits per heavy atom. The number of nitrogens with two attached hydrogens (primary N) is 1. The summed E-state index contributed by atoms with van der Waals surface area (Å²) < 4.78 is 0. The molecule has 0 aliphatic carbocycles. The summed E-state index contributed by atoms with van der Waals surface area (Å²) in [5, 5.41) is 9.49. The van der Waals surface area contributed by atoms with Gasteiger partial charge in [0.15, 0.2) is 0 Å². The number of carbonyl (C=O) groups excluding carboxylic acids is 1. The minimum atomic E-state index is -0.0805. The summed E-state index contributed by atoms with van der Waals surface area (Å²) in [4.78, 5) is 14.4. The zero-order valence-electron chi connectivity index (χ0n) is 10.9. The van der Waals surface area contributed by atoms with Crippen molar-refractivity contribution in [1.82, 2.24) is 4.90 Å². The average Bonchev–Trinajstić information content (AvgIpc) is 2.32. The standard InChI is InChI=1S/C14H20N2O2/c1-9-4-3-5-10(2)16(9)14(18)12-8-11(17)6-7-13(12)15/h6-10,17H,3-5,15H2,1-2H3/t9-,10+. The van der Waals surface area contributed by atoms with E-state index in [0.29, 0.717) is 11.3 Å². The van der Waals surface area contributed by atoms with Crippen LogP contribution >= 0.6 is 0 Å². The van der Waals surface area contributed by atoms with Gasteiger partial charge in [0.1, 0.15) is 5.75 Å². The number of nitrogens with zero attached hydrogens (tertiary/aromatic N) is 1. The summed E-state index contributed by atoms with van der Waals surface area (Å²) >= 11 is 0. The van der Waals surface area contributed by atoms with E-state index >= 15 is 0 Å². The van der Waals surface area contributed by atoms with Gasteiger partial charge in [-0.15, -0.1) is 0 Å². The molecule has 1 saturated heterocycles. The van der Waals surface area contributed by atoms with E-state index in [1.807, 2.05) is 4.90 Å². The van der Waals surface area contributed by atoms with Crippen molar-refractivity contribution in [2.24, 2.45) is 0 Å². The molecule has 4 nitrogen and oxygen atoms in total. The van der Waals surface area contributed by atoms with Crippen molar-refractivity contribution in [3.05, 3.63) is 23.8 Å². The third-order valence-electron chi connectivity index (χ3n) is 3.70. The van der Waals surface area contributed by atoms with Crippen LogP contribution in [-0.2, 0) is 0 Å². The maximum Gasteiger partial charge on any atom is 0.256 e. The molecule has 98 valence electrons. The SMILES string of the molecule is C[C@@H]1CCC[C@H](C)N1C(=O)c1cc(O)ccc1N. The Bertz CT molecular complexity index is 449. The zero-order valence-corrected chi connectivity index (χ0v) is 10.9. The Morgan fingerprint density at radius 3 is 2.56 bits per heavy atom. The molecule has 1 aliphatic heterocycles. The Labute approximate surface area is 107 Å². The number of piperidine rings is 1. The first-order valence-electron chi connectivity index (χ1n) is 6.42. The van der Waals surface area contributed by atoms with Gasteiger partial charge in [-0.1, -0.05) is 0 Å². The van der Waals surface area contributed by atoms with Crippen molar-refractivity contribution in [2.75, 3.05) is 5.73 Å². The van der Waals surface area contributed by atoms with Gasteiger partial charge >= 0.3 is 0 Å². The van der Waals surface area contributed by atoms with Gasteiger partial charge in [0.25, 0.3) is 5.91 Å². The average molecular weight is 248 g/mol. The van der Waals surface area contributed by atoms with Crippen LogP contribution in [0.25, 0.3) is 0 Å². The smallest absolute Gasteiger partial charge is 0.256 e. The lowest BCUT2D eigenvalue weighted by atomic mass is 9.96. The lowest BCUT2D eigenvalue weighted by molar-refractivity contribution is 0.0511. The fourth-order valence-corrected chi connectivity index (χ4v) is 2.69. The summed E-state index contributed by atoms with van der Waals surface area (Å²) in [6.45, 7) is 4.12. The van der Waals surface area contributed by atoms with Crippen LogP contribution in [0, 0.1) is 0 Å². The normalized spacial score (nSPS) is 24.0. The van der Waals surface area contributed by atoms with Gasteiger partial charge < -0.3 is 15.7 Å². The summed E-state index contributed by atoms with van der Waals surface area (Å²) in [6, 6.07) is 4.97. The first-order valence-corrected chi connectivity index (χ1v) is 6.42. The number of benzene rings is 1. The third kappa shape index (κ3) is 2.28. The first kappa shape index (κ1) is 12.7. The highest BCUT2D eigenvalue weighted by molar-refractivity contribution is 5.99. The Morgan fingerprint density at radius 2 is 1.94 bits per heavy atom. The molecule has 1 aliphatic rings. The van der Waals surface area contributed by atoms with E-state index in [0.717, 1.165) is 19.3 Å². The highest BCUT2D eigenvalue weighted by Gasteiger charge is 2.30. The number of phenols is 1. The molecule has 3 N–H and O–H groups in total. The molecule has 1 aromatic carbocycles. The van der Waals surface area contributed by atoms with E-state index in [1.54, 1.807) is 6.07 Å². The van der Waals surface area contributed by atoms with E-state index in [-0.39, 0.29) is 23.7 Å². The van der Waals surface area contributed by atoms with Crippen molar-refractivity contribution in [3.63, 3.8) is 0 Å². The number of amides is 1. The molecule has 1 aromatic rings. The van der Waals surface area contributed by atoms with E-state index in [1.165, 1.54) is 12.1 Å². The van der Waals surface area contributed by atoms with Crippen LogP contribution < -0.4 is 5.73 Å². The van der Waals surface area contributed by atoms with E-state index in [2.05, 4.69) is 13.8 Å². The summed E-state index contributed by atoms with van der Waals surface area (Å²) in [5.74, 6) is -0.00651. The molecule has 0 bridgehead atoms. The van der Waals surface area contributed by atoms with Gasteiger partial charge in [0, 0.05) is 17.8 Å². The van der Waals surface area contributed by atoms with Gasteiger partial charge in [-0.25, -0.2) is 0 Å². The Kier molecular flexibility index (Phi) is 3.45.